The van der Waals surface area contributed by atoms with E-state index in [1.807, 2.05) is 54.6 Å². The summed E-state index contributed by atoms with van der Waals surface area (Å²) in [5, 5.41) is 23.5. The highest BCUT2D eigenvalue weighted by molar-refractivity contribution is 7.22. The van der Waals surface area contributed by atoms with Crippen LogP contribution in [0.4, 0.5) is 5.82 Å². The zero-order valence-corrected chi connectivity index (χ0v) is 16.7. The van der Waals surface area contributed by atoms with Crippen molar-refractivity contribution in [2.45, 2.75) is 12.6 Å². The summed E-state index contributed by atoms with van der Waals surface area (Å²) in [6.45, 7) is -0.0897. The zero-order valence-electron chi connectivity index (χ0n) is 15.9. The van der Waals surface area contributed by atoms with Crippen molar-refractivity contribution in [2.24, 2.45) is 0 Å². The summed E-state index contributed by atoms with van der Waals surface area (Å²) in [6.07, 6.45) is 1.52. The molecule has 4 rings (SSSR count). The second-order valence-corrected chi connectivity index (χ2v) is 7.57. The average Bonchev–Trinajstić information content (AvgIpc) is 3.22. The van der Waals surface area contributed by atoms with Gasteiger partial charge in [0.25, 0.3) is 0 Å². The fourth-order valence-electron chi connectivity index (χ4n) is 3.23. The van der Waals surface area contributed by atoms with E-state index in [9.17, 15) is 10.2 Å². The van der Waals surface area contributed by atoms with Crippen LogP contribution in [0.25, 0.3) is 20.7 Å². The molecule has 3 N–H and O–H groups in total. The van der Waals surface area contributed by atoms with E-state index in [2.05, 4.69) is 15.3 Å². The fraction of sp³-hybridized carbons (Fsp3) is 0.182. The van der Waals surface area contributed by atoms with Gasteiger partial charge in [0.15, 0.2) is 0 Å². The predicted molar refractivity (Wildman–Crippen MR) is 115 cm³/mol. The number of hydrogen-bond donors (Lipinski definition) is 3. The number of rotatable bonds is 7. The predicted octanol–water partition coefficient (Wildman–Crippen LogP) is 4.00. The average molecular weight is 407 g/mol. The van der Waals surface area contributed by atoms with E-state index in [1.165, 1.54) is 6.33 Å². The van der Waals surface area contributed by atoms with E-state index < -0.39 is 0 Å². The minimum Gasteiger partial charge on any atom is -0.496 e. The Labute approximate surface area is 172 Å². The highest BCUT2D eigenvalue weighted by atomic mass is 32.1. The highest BCUT2D eigenvalue weighted by Crippen LogP contribution is 2.40. The van der Waals surface area contributed by atoms with Gasteiger partial charge in [0.2, 0.25) is 0 Å². The molecular weight excluding hydrogens is 386 g/mol. The summed E-state index contributed by atoms with van der Waals surface area (Å²) in [6, 6.07) is 17.2. The number of benzene rings is 2. The molecule has 2 aromatic carbocycles. The van der Waals surface area contributed by atoms with Crippen LogP contribution >= 0.6 is 11.3 Å². The van der Waals surface area contributed by atoms with Gasteiger partial charge >= 0.3 is 0 Å². The van der Waals surface area contributed by atoms with Gasteiger partial charge in [-0.15, -0.1) is 11.3 Å². The van der Waals surface area contributed by atoms with E-state index in [0.29, 0.717) is 11.6 Å². The number of nitrogens with one attached hydrogen (secondary N) is 1. The lowest BCUT2D eigenvalue weighted by molar-refractivity contribution is 0.276. The van der Waals surface area contributed by atoms with Gasteiger partial charge in [0.1, 0.15) is 22.7 Å². The quantitative estimate of drug-likeness (QED) is 0.429. The van der Waals surface area contributed by atoms with Crippen LogP contribution in [0.3, 0.4) is 0 Å². The highest BCUT2D eigenvalue weighted by Gasteiger charge is 2.16. The number of fused-ring (bicyclic) bond motifs is 1. The Kier molecular flexibility index (Phi) is 5.71. The lowest BCUT2D eigenvalue weighted by Crippen LogP contribution is -2.15. The molecule has 0 aliphatic heterocycles. The van der Waals surface area contributed by atoms with Gasteiger partial charge in [-0.25, -0.2) is 9.97 Å². The molecule has 0 aliphatic carbocycles. The van der Waals surface area contributed by atoms with Gasteiger partial charge in [-0.2, -0.15) is 0 Å². The minimum atomic E-state index is -0.268. The molecule has 0 bridgehead atoms. The Morgan fingerprint density at radius 3 is 2.62 bits per heavy atom. The SMILES string of the molecule is COc1cc(CO)ccc1-c1cc2c(NC(CO)c3ccccc3)ncnc2s1. The number of nitrogens with zero attached hydrogens (tertiary/aromatic N) is 2. The second kappa shape index (κ2) is 8.57. The first-order chi connectivity index (χ1) is 14.2. The second-order valence-electron chi connectivity index (χ2n) is 6.53. The summed E-state index contributed by atoms with van der Waals surface area (Å²) >= 11 is 1.54. The number of hydrogen-bond acceptors (Lipinski definition) is 7. The van der Waals surface area contributed by atoms with E-state index >= 15 is 0 Å². The molecule has 7 heteroatoms. The summed E-state index contributed by atoms with van der Waals surface area (Å²) in [7, 11) is 1.62. The van der Waals surface area contributed by atoms with Crippen LogP contribution in [0.2, 0.25) is 0 Å². The largest absolute Gasteiger partial charge is 0.496 e. The van der Waals surface area contributed by atoms with E-state index in [4.69, 9.17) is 4.74 Å². The molecule has 6 nitrogen and oxygen atoms in total. The molecular formula is C22H21N3O3S. The van der Waals surface area contributed by atoms with E-state index in [-0.39, 0.29) is 19.3 Å². The molecule has 0 saturated carbocycles. The number of aromatic nitrogens is 2. The maximum Gasteiger partial charge on any atom is 0.138 e. The van der Waals surface area contributed by atoms with Crippen molar-refractivity contribution in [2.75, 3.05) is 19.0 Å². The third-order valence-corrected chi connectivity index (χ3v) is 5.82. The molecule has 1 atom stereocenters. The van der Waals surface area contributed by atoms with Crippen molar-refractivity contribution in [3.05, 3.63) is 72.1 Å². The summed E-state index contributed by atoms with van der Waals surface area (Å²) in [5.74, 6) is 1.37. The lowest BCUT2D eigenvalue weighted by atomic mass is 10.1. The zero-order chi connectivity index (χ0) is 20.2. The molecule has 29 heavy (non-hydrogen) atoms. The maximum atomic E-state index is 9.87. The van der Waals surface area contributed by atoms with Gasteiger partial charge in [-0.3, -0.25) is 0 Å². The number of thiophene rings is 1. The first kappa shape index (κ1) is 19.3. The van der Waals surface area contributed by atoms with Crippen molar-refractivity contribution < 1.29 is 14.9 Å². The van der Waals surface area contributed by atoms with Crippen LogP contribution in [0.5, 0.6) is 5.75 Å². The third kappa shape index (κ3) is 3.93. The van der Waals surface area contributed by atoms with Gasteiger partial charge in [0, 0.05) is 10.4 Å². The van der Waals surface area contributed by atoms with Crippen LogP contribution < -0.4 is 10.1 Å². The summed E-state index contributed by atoms with van der Waals surface area (Å²) in [4.78, 5) is 10.6. The summed E-state index contributed by atoms with van der Waals surface area (Å²) in [5.41, 5.74) is 2.71. The first-order valence-electron chi connectivity index (χ1n) is 9.18. The Hall–Kier alpha value is -3.00. The molecule has 4 aromatic rings. The standard InChI is InChI=1S/C22H21N3O3S/c1-28-19-9-14(11-26)7-8-16(19)20-10-17-21(23-13-24-22(17)29-20)25-18(12-27)15-5-3-2-4-6-15/h2-10,13,18,26-27H,11-12H2,1H3,(H,23,24,25). The molecule has 0 spiro atoms. The molecule has 148 valence electrons. The molecule has 2 heterocycles. The Morgan fingerprint density at radius 1 is 1.07 bits per heavy atom. The van der Waals surface area contributed by atoms with Crippen molar-refractivity contribution in [3.63, 3.8) is 0 Å². The summed E-state index contributed by atoms with van der Waals surface area (Å²) < 4.78 is 5.52. The molecule has 1 unspecified atom stereocenters. The van der Waals surface area contributed by atoms with E-state index in [1.54, 1.807) is 18.4 Å². The topological polar surface area (TPSA) is 87.5 Å². The van der Waals surface area contributed by atoms with Crippen LogP contribution in [-0.4, -0.2) is 33.9 Å². The fourth-order valence-corrected chi connectivity index (χ4v) is 4.25. The molecule has 0 radical (unpaired) electrons. The van der Waals surface area contributed by atoms with Crippen LogP contribution in [0.1, 0.15) is 17.2 Å². The van der Waals surface area contributed by atoms with Gasteiger partial charge in [0.05, 0.1) is 31.8 Å². The normalized spacial score (nSPS) is 12.1. The van der Waals surface area contributed by atoms with Crippen molar-refractivity contribution in [1.82, 2.24) is 9.97 Å². The Balaban J connectivity index is 1.73. The van der Waals surface area contributed by atoms with Crippen LogP contribution in [-0.2, 0) is 6.61 Å². The van der Waals surface area contributed by atoms with Crippen LogP contribution in [0.15, 0.2) is 60.9 Å². The van der Waals surface area contributed by atoms with E-state index in [0.717, 1.165) is 31.8 Å². The number of aliphatic hydroxyl groups excluding tert-OH is 2. The molecule has 0 amide bonds. The number of anilines is 1. The van der Waals surface area contributed by atoms with Crippen molar-refractivity contribution in [1.29, 1.82) is 0 Å². The minimum absolute atomic E-state index is 0.0371. The van der Waals surface area contributed by atoms with Gasteiger partial charge < -0.3 is 20.3 Å². The molecule has 0 aliphatic rings. The lowest BCUT2D eigenvalue weighted by Gasteiger charge is -2.17. The van der Waals surface area contributed by atoms with Gasteiger partial charge in [-0.1, -0.05) is 36.4 Å². The third-order valence-electron chi connectivity index (χ3n) is 4.74. The van der Waals surface area contributed by atoms with Crippen molar-refractivity contribution >= 4 is 27.4 Å². The van der Waals surface area contributed by atoms with Crippen molar-refractivity contribution in [3.8, 4) is 16.2 Å². The molecule has 2 aromatic heterocycles. The number of ether oxygens (including phenoxy) is 1. The molecule has 0 saturated heterocycles. The maximum absolute atomic E-state index is 9.87. The Morgan fingerprint density at radius 2 is 1.90 bits per heavy atom. The van der Waals surface area contributed by atoms with Gasteiger partial charge in [-0.05, 0) is 29.3 Å². The molecule has 0 fully saturated rings. The first-order valence-corrected chi connectivity index (χ1v) is 10.00. The number of methoxy groups -OCH3 is 1. The monoisotopic (exact) mass is 407 g/mol. The smallest absolute Gasteiger partial charge is 0.138 e. The Bertz CT molecular complexity index is 1110. The number of aliphatic hydroxyl groups is 2. The van der Waals surface area contributed by atoms with Crippen LogP contribution in [0, 0.1) is 0 Å².